The summed E-state index contributed by atoms with van der Waals surface area (Å²) in [7, 11) is 0. The van der Waals surface area contributed by atoms with E-state index in [9.17, 15) is 8.78 Å². The first-order chi connectivity index (χ1) is 29.1. The minimum atomic E-state index is -0.346. The van der Waals surface area contributed by atoms with Crippen LogP contribution in [-0.2, 0) is 0 Å². The van der Waals surface area contributed by atoms with Gasteiger partial charge in [-0.15, -0.1) is 0 Å². The number of rotatable bonds is 7. The Hall–Kier alpha value is -7.76. The fourth-order valence-electron chi connectivity index (χ4n) is 8.61. The second kappa shape index (κ2) is 14.0. The SMILES string of the molecule is Fc1ccc2c3ccc(F)cc3n(-c3cccc(-c4cccc(N(c5ccc(-c6cccc7c6oc6ccccc67)cc5)c5ccccc5-c5ccccc5)c4)c3)c2c1. The summed E-state index contributed by atoms with van der Waals surface area (Å²) in [4.78, 5) is 2.31. The lowest BCUT2D eigenvalue weighted by molar-refractivity contribution is 0.629. The van der Waals surface area contributed by atoms with E-state index in [1.807, 2.05) is 41.0 Å². The van der Waals surface area contributed by atoms with E-state index in [4.69, 9.17) is 4.42 Å². The number of anilines is 3. The van der Waals surface area contributed by atoms with Crippen LogP contribution in [0.1, 0.15) is 0 Å². The van der Waals surface area contributed by atoms with Crippen LogP contribution in [0.5, 0.6) is 0 Å². The summed E-state index contributed by atoms with van der Waals surface area (Å²) in [5.41, 5.74) is 13.2. The minimum Gasteiger partial charge on any atom is -0.455 e. The first-order valence-corrected chi connectivity index (χ1v) is 19.6. The fourth-order valence-corrected chi connectivity index (χ4v) is 8.61. The molecule has 0 bridgehead atoms. The molecule has 2 aromatic heterocycles. The van der Waals surface area contributed by atoms with E-state index < -0.39 is 0 Å². The maximum atomic E-state index is 14.7. The second-order valence-electron chi connectivity index (χ2n) is 14.8. The zero-order valence-electron chi connectivity index (χ0n) is 31.7. The Labute approximate surface area is 339 Å². The molecule has 0 aliphatic heterocycles. The summed E-state index contributed by atoms with van der Waals surface area (Å²) in [5.74, 6) is -0.692. The maximum Gasteiger partial charge on any atom is 0.143 e. The molecular formula is C54H34F2N2O. The predicted molar refractivity (Wildman–Crippen MR) is 239 cm³/mol. The molecule has 59 heavy (non-hydrogen) atoms. The van der Waals surface area contributed by atoms with Crippen molar-refractivity contribution in [3.63, 3.8) is 0 Å². The topological polar surface area (TPSA) is 21.3 Å². The van der Waals surface area contributed by atoms with Crippen molar-refractivity contribution < 1.29 is 13.2 Å². The Morgan fingerprint density at radius 2 is 0.983 bits per heavy atom. The Bertz CT molecular complexity index is 3310. The quantitative estimate of drug-likeness (QED) is 0.161. The van der Waals surface area contributed by atoms with Gasteiger partial charge in [0.05, 0.1) is 16.7 Å². The third-order valence-corrected chi connectivity index (χ3v) is 11.3. The molecule has 0 amide bonds. The highest BCUT2D eigenvalue weighted by Crippen LogP contribution is 2.43. The molecule has 0 atom stereocenters. The van der Waals surface area contributed by atoms with E-state index in [0.717, 1.165) is 88.8 Å². The summed E-state index contributed by atoms with van der Waals surface area (Å²) in [5, 5.41) is 3.93. The zero-order chi connectivity index (χ0) is 39.5. The van der Waals surface area contributed by atoms with Gasteiger partial charge in [-0.25, -0.2) is 8.78 Å². The Morgan fingerprint density at radius 1 is 0.390 bits per heavy atom. The molecule has 0 saturated carbocycles. The molecule has 3 nitrogen and oxygen atoms in total. The highest BCUT2D eigenvalue weighted by atomic mass is 19.1. The van der Waals surface area contributed by atoms with Gasteiger partial charge in [0, 0.05) is 49.7 Å². The molecule has 11 aromatic rings. The largest absolute Gasteiger partial charge is 0.455 e. The van der Waals surface area contributed by atoms with E-state index in [1.54, 1.807) is 12.1 Å². The number of furan rings is 1. The Kier molecular flexibility index (Phi) is 8.19. The van der Waals surface area contributed by atoms with Gasteiger partial charge in [0.25, 0.3) is 0 Å². The van der Waals surface area contributed by atoms with Crippen molar-refractivity contribution in [2.24, 2.45) is 0 Å². The van der Waals surface area contributed by atoms with Crippen LogP contribution < -0.4 is 4.90 Å². The van der Waals surface area contributed by atoms with Crippen molar-refractivity contribution in [1.82, 2.24) is 4.57 Å². The molecule has 280 valence electrons. The number of hydrogen-bond acceptors (Lipinski definition) is 2. The van der Waals surface area contributed by atoms with Crippen LogP contribution in [0.15, 0.2) is 211 Å². The zero-order valence-corrected chi connectivity index (χ0v) is 31.7. The summed E-state index contributed by atoms with van der Waals surface area (Å²) < 4.78 is 37.8. The Morgan fingerprint density at radius 3 is 1.76 bits per heavy atom. The fraction of sp³-hybridized carbons (Fsp3) is 0. The molecule has 0 aliphatic rings. The van der Waals surface area contributed by atoms with Crippen LogP contribution in [-0.4, -0.2) is 4.57 Å². The molecule has 0 spiro atoms. The normalized spacial score (nSPS) is 11.6. The van der Waals surface area contributed by atoms with Crippen LogP contribution in [0.3, 0.4) is 0 Å². The molecule has 5 heteroatoms. The smallest absolute Gasteiger partial charge is 0.143 e. The van der Waals surface area contributed by atoms with Crippen molar-refractivity contribution in [2.45, 2.75) is 0 Å². The molecule has 0 fully saturated rings. The molecule has 11 rings (SSSR count). The van der Waals surface area contributed by atoms with E-state index in [0.29, 0.717) is 11.0 Å². The lowest BCUT2D eigenvalue weighted by Crippen LogP contribution is -2.11. The number of fused-ring (bicyclic) bond motifs is 6. The first kappa shape index (κ1) is 34.5. The number of halogens is 2. The van der Waals surface area contributed by atoms with Crippen LogP contribution in [0, 0.1) is 11.6 Å². The molecular weight excluding hydrogens is 731 g/mol. The van der Waals surface area contributed by atoms with Gasteiger partial charge >= 0.3 is 0 Å². The lowest BCUT2D eigenvalue weighted by atomic mass is 9.99. The highest BCUT2D eigenvalue weighted by Gasteiger charge is 2.20. The van der Waals surface area contributed by atoms with Gasteiger partial charge in [-0.05, 0) is 107 Å². The number of para-hydroxylation sites is 3. The first-order valence-electron chi connectivity index (χ1n) is 19.6. The number of hydrogen-bond donors (Lipinski definition) is 0. The summed E-state index contributed by atoms with van der Waals surface area (Å²) in [6, 6.07) is 68.3. The number of aromatic nitrogens is 1. The molecule has 0 unspecified atom stereocenters. The van der Waals surface area contributed by atoms with Gasteiger partial charge in [0.15, 0.2) is 0 Å². The van der Waals surface area contributed by atoms with E-state index in [2.05, 4.69) is 138 Å². The lowest BCUT2D eigenvalue weighted by Gasteiger charge is -2.28. The molecule has 0 saturated heterocycles. The minimum absolute atomic E-state index is 0.346. The van der Waals surface area contributed by atoms with Crippen molar-refractivity contribution in [2.75, 3.05) is 4.90 Å². The third kappa shape index (κ3) is 5.94. The average molecular weight is 765 g/mol. The predicted octanol–water partition coefficient (Wildman–Crippen LogP) is 15.4. The average Bonchev–Trinajstić information content (AvgIpc) is 3.82. The summed E-state index contributed by atoms with van der Waals surface area (Å²) in [6.07, 6.45) is 0. The third-order valence-electron chi connectivity index (χ3n) is 11.3. The van der Waals surface area contributed by atoms with E-state index >= 15 is 0 Å². The van der Waals surface area contributed by atoms with Crippen molar-refractivity contribution in [1.29, 1.82) is 0 Å². The molecule has 0 aliphatic carbocycles. The van der Waals surface area contributed by atoms with Gasteiger partial charge in [-0.1, -0.05) is 121 Å². The standard InChI is InChI=1S/C54H34F2N2O/c55-39-25-29-46-47-30-26-40(56)34-52(47)58(51(46)33-39)43-16-9-14-38(32-43)37-13-8-15-42(31-37)57(50-21-6-4-17-44(50)35-11-2-1-3-12-35)41-27-23-36(24-28-41)45-19-10-20-49-48-18-5-7-22-53(48)59-54(45)49/h1-34H. The van der Waals surface area contributed by atoms with Gasteiger partial charge in [-0.3, -0.25) is 0 Å². The molecule has 2 heterocycles. The monoisotopic (exact) mass is 764 g/mol. The summed E-state index contributed by atoms with van der Waals surface area (Å²) in [6.45, 7) is 0. The number of benzene rings is 9. The molecule has 0 N–H and O–H groups in total. The van der Waals surface area contributed by atoms with Crippen LogP contribution in [0.2, 0.25) is 0 Å². The molecule has 0 radical (unpaired) electrons. The van der Waals surface area contributed by atoms with Crippen LogP contribution in [0.4, 0.5) is 25.8 Å². The Balaban J connectivity index is 1.05. The van der Waals surface area contributed by atoms with Gasteiger partial charge < -0.3 is 13.9 Å². The number of nitrogens with zero attached hydrogens (tertiary/aromatic N) is 2. The highest BCUT2D eigenvalue weighted by molar-refractivity contribution is 6.10. The van der Waals surface area contributed by atoms with Crippen LogP contribution >= 0.6 is 0 Å². The summed E-state index contributed by atoms with van der Waals surface area (Å²) >= 11 is 0. The van der Waals surface area contributed by atoms with E-state index in [-0.39, 0.29) is 11.6 Å². The van der Waals surface area contributed by atoms with Crippen molar-refractivity contribution in [3.05, 3.63) is 218 Å². The second-order valence-corrected chi connectivity index (χ2v) is 14.8. The molecule has 9 aromatic carbocycles. The van der Waals surface area contributed by atoms with Gasteiger partial charge in [0.1, 0.15) is 22.8 Å². The van der Waals surface area contributed by atoms with Crippen LogP contribution in [0.25, 0.3) is 82.8 Å². The van der Waals surface area contributed by atoms with Crippen molar-refractivity contribution in [3.8, 4) is 39.1 Å². The van der Waals surface area contributed by atoms with Crippen molar-refractivity contribution >= 4 is 60.8 Å². The van der Waals surface area contributed by atoms with Gasteiger partial charge in [-0.2, -0.15) is 0 Å². The van der Waals surface area contributed by atoms with E-state index in [1.165, 1.54) is 24.3 Å². The van der Waals surface area contributed by atoms with Gasteiger partial charge in [0.2, 0.25) is 0 Å². The maximum absolute atomic E-state index is 14.7.